The number of anilines is 1. The van der Waals surface area contributed by atoms with E-state index in [0.29, 0.717) is 30.1 Å². The Bertz CT molecular complexity index is 819. The lowest BCUT2D eigenvalue weighted by Gasteiger charge is -2.34. The van der Waals surface area contributed by atoms with Gasteiger partial charge in [-0.15, -0.1) is 0 Å². The summed E-state index contributed by atoms with van der Waals surface area (Å²) in [6.45, 7) is 6.30. The number of rotatable bonds is 5. The highest BCUT2D eigenvalue weighted by Crippen LogP contribution is 2.11. The van der Waals surface area contributed by atoms with Crippen LogP contribution in [0.3, 0.4) is 0 Å². The fraction of sp³-hybridized carbons (Fsp3) is 0.500. The molecule has 1 aliphatic rings. The minimum absolute atomic E-state index is 0.00396. The van der Waals surface area contributed by atoms with Gasteiger partial charge in [0.25, 0.3) is 0 Å². The van der Waals surface area contributed by atoms with Gasteiger partial charge in [0.2, 0.25) is 11.8 Å². The number of nitrogens with zero attached hydrogens (tertiary/aromatic N) is 3. The average Bonchev–Trinajstić information content (AvgIpc) is 2.99. The van der Waals surface area contributed by atoms with Crippen molar-refractivity contribution in [1.82, 2.24) is 24.8 Å². The molecule has 0 unspecified atom stereocenters. The molecule has 3 heterocycles. The summed E-state index contributed by atoms with van der Waals surface area (Å²) in [5, 5.41) is 2.65. The zero-order valence-corrected chi connectivity index (χ0v) is 14.2. The molecule has 25 heavy (non-hydrogen) atoms. The first kappa shape index (κ1) is 17.2. The van der Waals surface area contributed by atoms with Gasteiger partial charge in [0.15, 0.2) is 5.65 Å². The summed E-state index contributed by atoms with van der Waals surface area (Å²) < 4.78 is 0. The molecule has 0 aromatic carbocycles. The zero-order chi connectivity index (χ0) is 17.8. The maximum atomic E-state index is 12.2. The van der Waals surface area contributed by atoms with Crippen LogP contribution in [0.15, 0.2) is 16.9 Å². The van der Waals surface area contributed by atoms with E-state index in [1.807, 2.05) is 4.90 Å². The van der Waals surface area contributed by atoms with Crippen LogP contribution >= 0.6 is 0 Å². The molecule has 134 valence electrons. The van der Waals surface area contributed by atoms with Crippen molar-refractivity contribution in [3.63, 3.8) is 0 Å². The van der Waals surface area contributed by atoms with Crippen LogP contribution in [0.25, 0.3) is 11.2 Å². The van der Waals surface area contributed by atoms with Crippen LogP contribution in [0, 0.1) is 0 Å². The molecule has 1 fully saturated rings. The van der Waals surface area contributed by atoms with Crippen molar-refractivity contribution in [3.8, 4) is 0 Å². The second-order valence-electron chi connectivity index (χ2n) is 6.04. The molecule has 9 nitrogen and oxygen atoms in total. The predicted octanol–water partition coefficient (Wildman–Crippen LogP) is 0.134. The minimum Gasteiger partial charge on any atom is -0.340 e. The Morgan fingerprint density at radius 3 is 2.64 bits per heavy atom. The molecular formula is C16H22N6O3. The molecule has 1 aliphatic heterocycles. The van der Waals surface area contributed by atoms with Gasteiger partial charge in [0.05, 0.1) is 5.52 Å². The Balaban J connectivity index is 1.48. The Labute approximate surface area is 144 Å². The van der Waals surface area contributed by atoms with E-state index in [4.69, 9.17) is 0 Å². The second kappa shape index (κ2) is 7.47. The van der Waals surface area contributed by atoms with E-state index in [0.717, 1.165) is 19.6 Å². The fourth-order valence-electron chi connectivity index (χ4n) is 2.88. The molecule has 2 aromatic rings. The SMILES string of the molecule is CCN1CCN(C(=O)CCC(=O)Nc2ccc3[nH]c(=O)[nH]c3n2)CC1. The van der Waals surface area contributed by atoms with Crippen LogP contribution in [0.1, 0.15) is 19.8 Å². The molecule has 0 aliphatic carbocycles. The van der Waals surface area contributed by atoms with Gasteiger partial charge in [-0.1, -0.05) is 6.92 Å². The van der Waals surface area contributed by atoms with E-state index < -0.39 is 0 Å². The summed E-state index contributed by atoms with van der Waals surface area (Å²) in [7, 11) is 0. The van der Waals surface area contributed by atoms with Crippen LogP contribution in [0.2, 0.25) is 0 Å². The Morgan fingerprint density at radius 2 is 1.92 bits per heavy atom. The van der Waals surface area contributed by atoms with E-state index in [1.165, 1.54) is 0 Å². The number of hydrogen-bond acceptors (Lipinski definition) is 5. The number of carbonyl (C=O) groups excluding carboxylic acids is 2. The van der Waals surface area contributed by atoms with Crippen LogP contribution < -0.4 is 11.0 Å². The van der Waals surface area contributed by atoms with Crippen molar-refractivity contribution in [1.29, 1.82) is 0 Å². The number of aromatic nitrogens is 3. The molecule has 0 radical (unpaired) electrons. The minimum atomic E-state index is -0.347. The summed E-state index contributed by atoms with van der Waals surface area (Å²) in [6.07, 6.45) is 0.289. The highest BCUT2D eigenvalue weighted by molar-refractivity contribution is 5.93. The standard InChI is InChI=1S/C16H22N6O3/c1-2-21-7-9-22(10-8-21)14(24)6-5-13(23)18-12-4-3-11-15(19-12)20-16(25)17-11/h3-4H,2,5-10H2,1H3,(H3,17,18,19,20,23,25). The van der Waals surface area contributed by atoms with Crippen molar-refractivity contribution in [2.45, 2.75) is 19.8 Å². The van der Waals surface area contributed by atoms with Gasteiger partial charge < -0.3 is 20.1 Å². The maximum Gasteiger partial charge on any atom is 0.325 e. The maximum absolute atomic E-state index is 12.2. The van der Waals surface area contributed by atoms with Crippen LogP contribution in [0.4, 0.5) is 5.82 Å². The second-order valence-corrected chi connectivity index (χ2v) is 6.04. The third kappa shape index (κ3) is 4.24. The van der Waals surface area contributed by atoms with E-state index in [-0.39, 0.29) is 30.3 Å². The third-order valence-electron chi connectivity index (χ3n) is 4.38. The van der Waals surface area contributed by atoms with Gasteiger partial charge in [-0.3, -0.25) is 14.6 Å². The van der Waals surface area contributed by atoms with E-state index in [1.54, 1.807) is 12.1 Å². The van der Waals surface area contributed by atoms with Gasteiger partial charge in [-0.2, -0.15) is 0 Å². The molecule has 2 aromatic heterocycles. The van der Waals surface area contributed by atoms with Gasteiger partial charge in [-0.05, 0) is 18.7 Å². The van der Waals surface area contributed by atoms with Crippen LogP contribution in [-0.4, -0.2) is 69.3 Å². The predicted molar refractivity (Wildman–Crippen MR) is 93.3 cm³/mol. The molecule has 3 N–H and O–H groups in total. The van der Waals surface area contributed by atoms with Crippen LogP contribution in [-0.2, 0) is 9.59 Å². The lowest BCUT2D eigenvalue weighted by molar-refractivity contribution is -0.134. The molecule has 9 heteroatoms. The summed E-state index contributed by atoms with van der Waals surface area (Å²) in [6, 6.07) is 3.27. The number of piperazine rings is 1. The number of amides is 2. The number of nitrogens with one attached hydrogen (secondary N) is 3. The van der Waals surface area contributed by atoms with Crippen molar-refractivity contribution in [2.75, 3.05) is 38.0 Å². The Morgan fingerprint density at radius 1 is 1.16 bits per heavy atom. The molecular weight excluding hydrogens is 324 g/mol. The highest BCUT2D eigenvalue weighted by atomic mass is 16.2. The number of carbonyl (C=O) groups is 2. The first-order valence-electron chi connectivity index (χ1n) is 8.44. The van der Waals surface area contributed by atoms with Gasteiger partial charge in [0.1, 0.15) is 5.82 Å². The summed E-state index contributed by atoms with van der Waals surface area (Å²) >= 11 is 0. The lowest BCUT2D eigenvalue weighted by Crippen LogP contribution is -2.48. The zero-order valence-electron chi connectivity index (χ0n) is 14.2. The topological polar surface area (TPSA) is 114 Å². The lowest BCUT2D eigenvalue weighted by atomic mass is 10.2. The largest absolute Gasteiger partial charge is 0.340 e. The average molecular weight is 346 g/mol. The third-order valence-corrected chi connectivity index (χ3v) is 4.38. The molecule has 0 bridgehead atoms. The van der Waals surface area contributed by atoms with Crippen molar-refractivity contribution >= 4 is 28.8 Å². The van der Waals surface area contributed by atoms with Crippen LogP contribution in [0.5, 0.6) is 0 Å². The highest BCUT2D eigenvalue weighted by Gasteiger charge is 2.20. The van der Waals surface area contributed by atoms with Gasteiger partial charge in [0, 0.05) is 39.0 Å². The fourth-order valence-corrected chi connectivity index (χ4v) is 2.88. The van der Waals surface area contributed by atoms with Crippen molar-refractivity contribution in [3.05, 3.63) is 22.6 Å². The normalized spacial score (nSPS) is 15.5. The van der Waals surface area contributed by atoms with Gasteiger partial charge >= 0.3 is 5.69 Å². The number of likely N-dealkylation sites (N-methyl/N-ethyl adjacent to an activating group) is 1. The Hall–Kier alpha value is -2.68. The van der Waals surface area contributed by atoms with Gasteiger partial charge in [-0.25, -0.2) is 9.78 Å². The number of pyridine rings is 1. The number of hydrogen-bond donors (Lipinski definition) is 3. The molecule has 2 amide bonds. The van der Waals surface area contributed by atoms with E-state index >= 15 is 0 Å². The van der Waals surface area contributed by atoms with Crippen molar-refractivity contribution in [2.24, 2.45) is 0 Å². The number of imidazole rings is 1. The molecule has 0 atom stereocenters. The summed E-state index contributed by atoms with van der Waals surface area (Å²) in [4.78, 5) is 48.8. The molecule has 1 saturated heterocycles. The molecule has 0 spiro atoms. The number of H-pyrrole nitrogens is 2. The van der Waals surface area contributed by atoms with E-state index in [2.05, 4.69) is 32.1 Å². The first-order chi connectivity index (χ1) is 12.0. The number of fused-ring (bicyclic) bond motifs is 1. The number of aromatic amines is 2. The summed E-state index contributed by atoms with van der Waals surface area (Å²) in [5.41, 5.74) is 0.608. The Kier molecular flexibility index (Phi) is 5.13. The van der Waals surface area contributed by atoms with Crippen molar-refractivity contribution < 1.29 is 9.59 Å². The quantitative estimate of drug-likeness (QED) is 0.712. The first-order valence-corrected chi connectivity index (χ1v) is 8.44. The monoisotopic (exact) mass is 346 g/mol. The van der Waals surface area contributed by atoms with E-state index in [9.17, 15) is 14.4 Å². The smallest absolute Gasteiger partial charge is 0.325 e. The molecule has 3 rings (SSSR count). The summed E-state index contributed by atoms with van der Waals surface area (Å²) in [5.74, 6) is 0.0753. The molecule has 0 saturated carbocycles.